The van der Waals surface area contributed by atoms with Gasteiger partial charge in [-0.3, -0.25) is 0 Å². The SMILES string of the molecule is CCCCCOc1ccccc1C1CC(c2ccccc2N)NN1. The Labute approximate surface area is 144 Å². The van der Waals surface area contributed by atoms with Gasteiger partial charge >= 0.3 is 0 Å². The number of hydrogen-bond donors (Lipinski definition) is 3. The predicted octanol–water partition coefficient (Wildman–Crippen LogP) is 4.12. The molecular formula is C20H27N3O. The van der Waals surface area contributed by atoms with Crippen molar-refractivity contribution in [3.05, 3.63) is 59.7 Å². The zero-order chi connectivity index (χ0) is 16.8. The van der Waals surface area contributed by atoms with Crippen LogP contribution < -0.4 is 21.3 Å². The van der Waals surface area contributed by atoms with Gasteiger partial charge in [0, 0.05) is 11.3 Å². The van der Waals surface area contributed by atoms with Gasteiger partial charge in [-0.25, -0.2) is 10.9 Å². The van der Waals surface area contributed by atoms with Crippen LogP contribution in [-0.2, 0) is 0 Å². The minimum Gasteiger partial charge on any atom is -0.493 e. The fourth-order valence-corrected chi connectivity index (χ4v) is 3.23. The average molecular weight is 325 g/mol. The van der Waals surface area contributed by atoms with E-state index in [1.54, 1.807) is 0 Å². The molecule has 1 heterocycles. The molecule has 1 aliphatic heterocycles. The first-order valence-electron chi connectivity index (χ1n) is 8.86. The number of hydrazine groups is 1. The summed E-state index contributed by atoms with van der Waals surface area (Å²) in [5.41, 5.74) is 16.1. The van der Waals surface area contributed by atoms with Gasteiger partial charge in [0.05, 0.1) is 18.7 Å². The van der Waals surface area contributed by atoms with Crippen molar-refractivity contribution < 1.29 is 4.74 Å². The zero-order valence-corrected chi connectivity index (χ0v) is 14.3. The third-order valence-corrected chi connectivity index (χ3v) is 4.57. The van der Waals surface area contributed by atoms with Crippen LogP contribution in [0.25, 0.3) is 0 Å². The summed E-state index contributed by atoms with van der Waals surface area (Å²) in [6.07, 6.45) is 4.47. The molecule has 2 atom stereocenters. The van der Waals surface area contributed by atoms with E-state index in [0.717, 1.165) is 36.4 Å². The van der Waals surface area contributed by atoms with Crippen LogP contribution in [0.3, 0.4) is 0 Å². The van der Waals surface area contributed by atoms with Gasteiger partial charge in [-0.15, -0.1) is 0 Å². The lowest BCUT2D eigenvalue weighted by Crippen LogP contribution is -2.27. The number of nitrogens with two attached hydrogens (primary N) is 1. The molecule has 1 aliphatic rings. The number of anilines is 1. The number of rotatable bonds is 7. The Kier molecular flexibility index (Phi) is 5.72. The molecule has 128 valence electrons. The van der Waals surface area contributed by atoms with Crippen LogP contribution in [0.4, 0.5) is 5.69 Å². The molecule has 4 N–H and O–H groups in total. The molecule has 1 fully saturated rings. The molecule has 0 saturated carbocycles. The minimum atomic E-state index is 0.212. The van der Waals surface area contributed by atoms with Crippen molar-refractivity contribution in [2.75, 3.05) is 12.3 Å². The number of hydrogen-bond acceptors (Lipinski definition) is 4. The molecule has 4 heteroatoms. The zero-order valence-electron chi connectivity index (χ0n) is 14.3. The molecule has 1 saturated heterocycles. The molecule has 0 aliphatic carbocycles. The number of benzene rings is 2. The highest BCUT2D eigenvalue weighted by Gasteiger charge is 2.28. The van der Waals surface area contributed by atoms with Gasteiger partial charge in [-0.2, -0.15) is 0 Å². The lowest BCUT2D eigenvalue weighted by molar-refractivity contribution is 0.300. The summed E-state index contributed by atoms with van der Waals surface area (Å²) in [6, 6.07) is 16.8. The van der Waals surface area contributed by atoms with Gasteiger partial charge in [-0.1, -0.05) is 56.2 Å². The molecule has 0 spiro atoms. The molecular weight excluding hydrogens is 298 g/mol. The van der Waals surface area contributed by atoms with Gasteiger partial charge in [0.1, 0.15) is 5.75 Å². The molecule has 4 nitrogen and oxygen atoms in total. The fraction of sp³-hybridized carbons (Fsp3) is 0.400. The van der Waals surface area contributed by atoms with E-state index in [9.17, 15) is 0 Å². The first-order valence-corrected chi connectivity index (χ1v) is 8.86. The van der Waals surface area contributed by atoms with E-state index in [0.29, 0.717) is 0 Å². The van der Waals surface area contributed by atoms with Crippen molar-refractivity contribution in [3.63, 3.8) is 0 Å². The number of ether oxygens (including phenoxy) is 1. The van der Waals surface area contributed by atoms with E-state index >= 15 is 0 Å². The summed E-state index contributed by atoms with van der Waals surface area (Å²) in [6.45, 7) is 2.98. The largest absolute Gasteiger partial charge is 0.493 e. The molecule has 0 radical (unpaired) electrons. The van der Waals surface area contributed by atoms with E-state index in [4.69, 9.17) is 10.5 Å². The normalized spacial score (nSPS) is 20.2. The maximum absolute atomic E-state index is 6.12. The Bertz CT molecular complexity index is 659. The average Bonchev–Trinajstić information content (AvgIpc) is 3.09. The Morgan fingerprint density at radius 2 is 1.62 bits per heavy atom. The van der Waals surface area contributed by atoms with Crippen molar-refractivity contribution in [3.8, 4) is 5.75 Å². The fourth-order valence-electron chi connectivity index (χ4n) is 3.23. The van der Waals surface area contributed by atoms with E-state index in [1.165, 1.54) is 18.4 Å². The summed E-state index contributed by atoms with van der Waals surface area (Å²) < 4.78 is 6.02. The van der Waals surface area contributed by atoms with Gasteiger partial charge in [0.15, 0.2) is 0 Å². The molecule has 2 unspecified atom stereocenters. The lowest BCUT2D eigenvalue weighted by atomic mass is 9.96. The Morgan fingerprint density at radius 1 is 0.958 bits per heavy atom. The highest BCUT2D eigenvalue weighted by atomic mass is 16.5. The van der Waals surface area contributed by atoms with E-state index < -0.39 is 0 Å². The Morgan fingerprint density at radius 3 is 2.38 bits per heavy atom. The second-order valence-corrected chi connectivity index (χ2v) is 6.35. The topological polar surface area (TPSA) is 59.3 Å². The number of nitrogen functional groups attached to an aromatic ring is 1. The first-order chi connectivity index (χ1) is 11.8. The maximum Gasteiger partial charge on any atom is 0.124 e. The van der Waals surface area contributed by atoms with Crippen LogP contribution in [0.2, 0.25) is 0 Å². The first kappa shape index (κ1) is 16.8. The van der Waals surface area contributed by atoms with E-state index in [1.807, 2.05) is 24.3 Å². The standard InChI is InChI=1S/C20H27N3O/c1-2-3-8-13-24-20-12-7-5-10-16(20)19-14-18(22-23-19)15-9-4-6-11-17(15)21/h4-7,9-12,18-19,22-23H,2-3,8,13-14,21H2,1H3. The van der Waals surface area contributed by atoms with Crippen molar-refractivity contribution >= 4 is 5.69 Å². The molecule has 3 rings (SSSR count). The molecule has 2 aromatic carbocycles. The third-order valence-electron chi connectivity index (χ3n) is 4.57. The van der Waals surface area contributed by atoms with E-state index in [-0.39, 0.29) is 12.1 Å². The van der Waals surface area contributed by atoms with Gasteiger partial charge in [0.2, 0.25) is 0 Å². The van der Waals surface area contributed by atoms with Crippen molar-refractivity contribution in [1.29, 1.82) is 0 Å². The van der Waals surface area contributed by atoms with Gasteiger partial charge in [0.25, 0.3) is 0 Å². The summed E-state index contributed by atoms with van der Waals surface area (Å²) in [5, 5.41) is 0. The van der Waals surface area contributed by atoms with Crippen molar-refractivity contribution in [1.82, 2.24) is 10.9 Å². The predicted molar refractivity (Wildman–Crippen MR) is 98.7 cm³/mol. The molecule has 0 bridgehead atoms. The summed E-state index contributed by atoms with van der Waals surface area (Å²) in [4.78, 5) is 0. The van der Waals surface area contributed by atoms with Gasteiger partial charge in [-0.05, 0) is 30.5 Å². The van der Waals surface area contributed by atoms with Crippen LogP contribution in [0.5, 0.6) is 5.75 Å². The number of para-hydroxylation sites is 2. The van der Waals surface area contributed by atoms with Crippen LogP contribution in [0, 0.1) is 0 Å². The lowest BCUT2D eigenvalue weighted by Gasteiger charge is -2.16. The van der Waals surface area contributed by atoms with E-state index in [2.05, 4.69) is 42.0 Å². The third kappa shape index (κ3) is 3.89. The highest BCUT2D eigenvalue weighted by molar-refractivity contribution is 5.49. The van der Waals surface area contributed by atoms with Crippen LogP contribution in [0.15, 0.2) is 48.5 Å². The van der Waals surface area contributed by atoms with Crippen LogP contribution in [0.1, 0.15) is 55.8 Å². The molecule has 2 aromatic rings. The van der Waals surface area contributed by atoms with Crippen molar-refractivity contribution in [2.24, 2.45) is 0 Å². The number of nitrogens with one attached hydrogen (secondary N) is 2. The summed E-state index contributed by atoms with van der Waals surface area (Å²) in [5.74, 6) is 0.981. The molecule has 24 heavy (non-hydrogen) atoms. The number of unbranched alkanes of at least 4 members (excludes halogenated alkanes) is 2. The Balaban J connectivity index is 1.68. The Hall–Kier alpha value is -2.04. The second kappa shape index (κ2) is 8.18. The maximum atomic E-state index is 6.12. The van der Waals surface area contributed by atoms with Crippen LogP contribution in [-0.4, -0.2) is 6.61 Å². The summed E-state index contributed by atoms with van der Waals surface area (Å²) >= 11 is 0. The van der Waals surface area contributed by atoms with Gasteiger partial charge < -0.3 is 10.5 Å². The quantitative estimate of drug-likeness (QED) is 0.529. The second-order valence-electron chi connectivity index (χ2n) is 6.35. The minimum absolute atomic E-state index is 0.212. The molecule has 0 aromatic heterocycles. The monoisotopic (exact) mass is 325 g/mol. The van der Waals surface area contributed by atoms with Crippen LogP contribution >= 0.6 is 0 Å². The van der Waals surface area contributed by atoms with Crippen molar-refractivity contribution in [2.45, 2.75) is 44.7 Å². The smallest absolute Gasteiger partial charge is 0.124 e. The molecule has 0 amide bonds. The summed E-state index contributed by atoms with van der Waals surface area (Å²) in [7, 11) is 0. The highest BCUT2D eigenvalue weighted by Crippen LogP contribution is 2.36.